The molecule has 0 fully saturated rings. The maximum absolute atomic E-state index is 12.0. The van der Waals surface area contributed by atoms with E-state index < -0.39 is 18.0 Å². The van der Waals surface area contributed by atoms with Crippen molar-refractivity contribution < 1.29 is 14.3 Å². The van der Waals surface area contributed by atoms with Gasteiger partial charge in [-0.3, -0.25) is 4.79 Å². The summed E-state index contributed by atoms with van der Waals surface area (Å²) in [4.78, 5) is 24.4. The molecule has 0 saturated carbocycles. The quantitative estimate of drug-likeness (QED) is 0.703. The van der Waals surface area contributed by atoms with Gasteiger partial charge in [-0.1, -0.05) is 54.6 Å². The molecule has 1 atom stereocenters. The molecule has 25 heavy (non-hydrogen) atoms. The number of hydrogen-bond donors (Lipinski definition) is 1. The third-order valence-corrected chi connectivity index (χ3v) is 4.88. The predicted molar refractivity (Wildman–Crippen MR) is 99.3 cm³/mol. The Morgan fingerprint density at radius 3 is 2.12 bits per heavy atom. The lowest BCUT2D eigenvalue weighted by atomic mass is 10.0. The van der Waals surface area contributed by atoms with Gasteiger partial charge >= 0.3 is 5.97 Å². The fraction of sp³-hybridized carbons (Fsp3) is 0.100. The molecule has 126 valence electrons. The number of ether oxygens (including phenoxy) is 1. The van der Waals surface area contributed by atoms with Crippen LogP contribution in [0.1, 0.15) is 16.6 Å². The minimum absolute atomic E-state index is 0.440. The van der Waals surface area contributed by atoms with Gasteiger partial charge in [0, 0.05) is 4.88 Å². The Morgan fingerprint density at radius 2 is 1.48 bits per heavy atom. The first kappa shape index (κ1) is 16.9. The van der Waals surface area contributed by atoms with Gasteiger partial charge in [0.1, 0.15) is 4.88 Å². The van der Waals surface area contributed by atoms with Crippen molar-refractivity contribution in [3.63, 3.8) is 0 Å². The van der Waals surface area contributed by atoms with Crippen LogP contribution in [0.2, 0.25) is 0 Å². The van der Waals surface area contributed by atoms with Crippen molar-refractivity contribution in [1.82, 2.24) is 0 Å². The first-order valence-corrected chi connectivity index (χ1v) is 8.62. The van der Waals surface area contributed by atoms with Crippen molar-refractivity contribution in [3.8, 4) is 21.6 Å². The summed E-state index contributed by atoms with van der Waals surface area (Å²) >= 11 is 1.32. The molecule has 0 aliphatic carbocycles. The molecule has 1 heterocycles. The monoisotopic (exact) mass is 351 g/mol. The molecule has 0 aliphatic rings. The van der Waals surface area contributed by atoms with Crippen LogP contribution in [-0.4, -0.2) is 18.0 Å². The Bertz CT molecular complexity index is 885. The summed E-state index contributed by atoms with van der Waals surface area (Å²) in [7, 11) is 0. The SMILES string of the molecule is CC(OC(=O)c1ccc(-c2ccc(-c3ccccc3)cc2)s1)C(N)=O. The molecule has 5 heteroatoms. The van der Waals surface area contributed by atoms with Crippen molar-refractivity contribution in [3.05, 3.63) is 71.6 Å². The molecule has 0 spiro atoms. The van der Waals surface area contributed by atoms with E-state index in [0.29, 0.717) is 4.88 Å². The average molecular weight is 351 g/mol. The molecule has 3 rings (SSSR count). The van der Waals surface area contributed by atoms with Crippen LogP contribution in [0, 0.1) is 0 Å². The summed E-state index contributed by atoms with van der Waals surface area (Å²) in [5, 5.41) is 0. The summed E-state index contributed by atoms with van der Waals surface area (Å²) in [6, 6.07) is 21.8. The fourth-order valence-electron chi connectivity index (χ4n) is 2.34. The summed E-state index contributed by atoms with van der Waals surface area (Å²) in [6.45, 7) is 1.46. The highest BCUT2D eigenvalue weighted by Gasteiger charge is 2.18. The van der Waals surface area contributed by atoms with Crippen molar-refractivity contribution in [2.24, 2.45) is 5.73 Å². The molecular weight excluding hydrogens is 334 g/mol. The van der Waals surface area contributed by atoms with Gasteiger partial charge in [-0.2, -0.15) is 0 Å². The number of hydrogen-bond acceptors (Lipinski definition) is 4. The largest absolute Gasteiger partial charge is 0.448 e. The number of rotatable bonds is 5. The maximum atomic E-state index is 12.0. The topological polar surface area (TPSA) is 69.4 Å². The van der Waals surface area contributed by atoms with Crippen LogP contribution in [0.5, 0.6) is 0 Å². The normalized spacial score (nSPS) is 11.7. The zero-order chi connectivity index (χ0) is 17.8. The minimum Gasteiger partial charge on any atom is -0.448 e. The lowest BCUT2D eigenvalue weighted by Crippen LogP contribution is -2.30. The van der Waals surface area contributed by atoms with Gasteiger partial charge in [-0.25, -0.2) is 4.79 Å². The van der Waals surface area contributed by atoms with E-state index in [1.54, 1.807) is 6.07 Å². The maximum Gasteiger partial charge on any atom is 0.349 e. The Balaban J connectivity index is 1.76. The summed E-state index contributed by atoms with van der Waals surface area (Å²) in [5.41, 5.74) is 8.42. The van der Waals surface area contributed by atoms with Crippen molar-refractivity contribution in [1.29, 1.82) is 0 Å². The van der Waals surface area contributed by atoms with Crippen LogP contribution in [-0.2, 0) is 9.53 Å². The van der Waals surface area contributed by atoms with E-state index in [-0.39, 0.29) is 0 Å². The molecule has 2 aromatic carbocycles. The van der Waals surface area contributed by atoms with Gasteiger partial charge in [0.2, 0.25) is 0 Å². The Morgan fingerprint density at radius 1 is 0.880 bits per heavy atom. The molecule has 1 unspecified atom stereocenters. The highest BCUT2D eigenvalue weighted by atomic mass is 32.1. The van der Waals surface area contributed by atoms with Gasteiger partial charge in [-0.15, -0.1) is 11.3 Å². The lowest BCUT2D eigenvalue weighted by molar-refractivity contribution is -0.125. The third-order valence-electron chi connectivity index (χ3n) is 3.77. The molecule has 2 N–H and O–H groups in total. The van der Waals surface area contributed by atoms with E-state index >= 15 is 0 Å². The number of esters is 1. The first-order valence-electron chi connectivity index (χ1n) is 7.80. The van der Waals surface area contributed by atoms with E-state index in [2.05, 4.69) is 24.3 Å². The van der Waals surface area contributed by atoms with E-state index in [9.17, 15) is 9.59 Å². The van der Waals surface area contributed by atoms with Crippen LogP contribution in [0.25, 0.3) is 21.6 Å². The highest BCUT2D eigenvalue weighted by molar-refractivity contribution is 7.17. The molecule has 1 amide bonds. The van der Waals surface area contributed by atoms with Gasteiger partial charge in [0.05, 0.1) is 0 Å². The van der Waals surface area contributed by atoms with Gasteiger partial charge in [0.25, 0.3) is 5.91 Å². The first-order chi connectivity index (χ1) is 12.0. The zero-order valence-electron chi connectivity index (χ0n) is 13.6. The molecule has 0 saturated heterocycles. The van der Waals surface area contributed by atoms with Gasteiger partial charge in [-0.05, 0) is 35.7 Å². The van der Waals surface area contributed by atoms with Crippen LogP contribution in [0.15, 0.2) is 66.7 Å². The number of carbonyl (C=O) groups is 2. The van der Waals surface area contributed by atoms with Crippen molar-refractivity contribution in [2.45, 2.75) is 13.0 Å². The summed E-state index contributed by atoms with van der Waals surface area (Å²) in [6.07, 6.45) is -0.941. The van der Waals surface area contributed by atoms with Crippen LogP contribution in [0.3, 0.4) is 0 Å². The van der Waals surface area contributed by atoms with E-state index in [1.807, 2.05) is 36.4 Å². The summed E-state index contributed by atoms with van der Waals surface area (Å²) < 4.78 is 5.02. The molecular formula is C20H17NO3S. The second kappa shape index (κ2) is 7.32. The van der Waals surface area contributed by atoms with E-state index in [0.717, 1.165) is 21.6 Å². The zero-order valence-corrected chi connectivity index (χ0v) is 14.5. The second-order valence-electron chi connectivity index (χ2n) is 5.56. The highest BCUT2D eigenvalue weighted by Crippen LogP contribution is 2.30. The van der Waals surface area contributed by atoms with Gasteiger partial charge < -0.3 is 10.5 Å². The van der Waals surface area contributed by atoms with E-state index in [4.69, 9.17) is 10.5 Å². The number of primary amides is 1. The van der Waals surface area contributed by atoms with Crippen LogP contribution in [0.4, 0.5) is 0 Å². The number of amides is 1. The molecule has 3 aromatic rings. The van der Waals surface area contributed by atoms with Crippen molar-refractivity contribution in [2.75, 3.05) is 0 Å². The smallest absolute Gasteiger partial charge is 0.349 e. The van der Waals surface area contributed by atoms with Crippen LogP contribution < -0.4 is 5.73 Å². The second-order valence-corrected chi connectivity index (χ2v) is 6.64. The number of nitrogens with two attached hydrogens (primary N) is 1. The Labute approximate surface area is 149 Å². The molecule has 4 nitrogen and oxygen atoms in total. The third kappa shape index (κ3) is 3.95. The molecule has 1 aromatic heterocycles. The van der Waals surface area contributed by atoms with Crippen molar-refractivity contribution >= 4 is 23.2 Å². The average Bonchev–Trinajstić information content (AvgIpc) is 3.13. The lowest BCUT2D eigenvalue weighted by Gasteiger charge is -2.07. The number of benzene rings is 2. The molecule has 0 bridgehead atoms. The fourth-order valence-corrected chi connectivity index (χ4v) is 3.23. The van der Waals surface area contributed by atoms with Gasteiger partial charge in [0.15, 0.2) is 6.10 Å². The van der Waals surface area contributed by atoms with E-state index in [1.165, 1.54) is 18.3 Å². The van der Waals surface area contributed by atoms with Crippen LogP contribution >= 0.6 is 11.3 Å². The number of thiophene rings is 1. The molecule has 0 aliphatic heterocycles. The standard InChI is InChI=1S/C20H17NO3S/c1-13(19(21)22)24-20(23)18-12-11-17(25-18)16-9-7-15(8-10-16)14-5-3-2-4-6-14/h2-13H,1H3,(H2,21,22). The number of carbonyl (C=O) groups excluding carboxylic acids is 2. The Hall–Kier alpha value is -2.92. The minimum atomic E-state index is -0.941. The Kier molecular flexibility index (Phi) is 4.95. The predicted octanol–water partition coefficient (Wildman–Crippen LogP) is 4.11. The summed E-state index contributed by atoms with van der Waals surface area (Å²) in [5.74, 6) is -1.20. The molecule has 0 radical (unpaired) electrons.